The number of hydrogen-bond donors (Lipinski definition) is 0. The molecular formula is C22H18F5N3O4S. The van der Waals surface area contributed by atoms with Gasteiger partial charge in [-0.2, -0.15) is 18.3 Å². The second-order valence-electron chi connectivity index (χ2n) is 8.03. The van der Waals surface area contributed by atoms with Crippen molar-refractivity contribution in [3.05, 3.63) is 71.1 Å². The fourth-order valence-corrected chi connectivity index (χ4v) is 4.17. The van der Waals surface area contributed by atoms with Crippen molar-refractivity contribution in [2.45, 2.75) is 37.2 Å². The Balaban J connectivity index is 1.63. The van der Waals surface area contributed by atoms with Gasteiger partial charge in [-0.15, -0.1) is 0 Å². The Morgan fingerprint density at radius 2 is 1.83 bits per heavy atom. The smallest absolute Gasteiger partial charge is 0.425 e. The summed E-state index contributed by atoms with van der Waals surface area (Å²) in [6.45, 7) is 0.636. The van der Waals surface area contributed by atoms with Crippen molar-refractivity contribution in [2.24, 2.45) is 0 Å². The molecule has 35 heavy (non-hydrogen) atoms. The van der Waals surface area contributed by atoms with Crippen molar-refractivity contribution in [1.82, 2.24) is 14.7 Å². The van der Waals surface area contributed by atoms with Crippen LogP contribution in [0.1, 0.15) is 28.5 Å². The lowest BCUT2D eigenvalue weighted by Crippen LogP contribution is -2.33. The van der Waals surface area contributed by atoms with Gasteiger partial charge in [0.2, 0.25) is 0 Å². The van der Waals surface area contributed by atoms with E-state index in [2.05, 4.69) is 5.10 Å². The molecule has 0 radical (unpaired) electrons. The number of ether oxygens (including phenoxy) is 1. The van der Waals surface area contributed by atoms with Gasteiger partial charge in [-0.05, 0) is 37.3 Å². The molecule has 0 fully saturated rings. The standard InChI is InChI=1S/C22H18F5N3O4S/c1-12(22(25,26)27)34-20-6-4-15(35(2,32)33)8-16(20)21(31)29-9-13-10-30(28-18(13)11-29)19-7-14(23)3-5-17(19)24/h3-8,10,12H,9,11H2,1-2H3/t12-/m0/s1. The Kier molecular flexibility index (Phi) is 6.07. The third-order valence-corrected chi connectivity index (χ3v) is 6.51. The molecule has 2 heterocycles. The molecule has 1 aliphatic rings. The van der Waals surface area contributed by atoms with Gasteiger partial charge in [-0.3, -0.25) is 4.79 Å². The van der Waals surface area contributed by atoms with E-state index in [1.807, 2.05) is 0 Å². The molecule has 0 unspecified atom stereocenters. The predicted octanol–water partition coefficient (Wildman–Crippen LogP) is 4.04. The number of carbonyl (C=O) groups is 1. The summed E-state index contributed by atoms with van der Waals surface area (Å²) in [6, 6.07) is 5.90. The zero-order chi connectivity index (χ0) is 25.7. The highest BCUT2D eigenvalue weighted by Gasteiger charge is 2.39. The predicted molar refractivity (Wildman–Crippen MR) is 113 cm³/mol. The highest BCUT2D eigenvalue weighted by atomic mass is 32.2. The van der Waals surface area contributed by atoms with E-state index >= 15 is 0 Å². The van der Waals surface area contributed by atoms with Crippen LogP contribution in [0.3, 0.4) is 0 Å². The van der Waals surface area contributed by atoms with Crippen molar-refractivity contribution in [3.8, 4) is 11.4 Å². The van der Waals surface area contributed by atoms with Gasteiger partial charge in [0.05, 0.1) is 22.7 Å². The molecule has 2 aromatic carbocycles. The quantitative estimate of drug-likeness (QED) is 0.480. The number of aromatic nitrogens is 2. The summed E-state index contributed by atoms with van der Waals surface area (Å²) in [5.41, 5.74) is 0.382. The van der Waals surface area contributed by atoms with Crippen LogP contribution >= 0.6 is 0 Å². The molecule has 0 N–H and O–H groups in total. The average Bonchev–Trinajstić information content (AvgIpc) is 3.33. The van der Waals surface area contributed by atoms with Crippen LogP contribution in [0.5, 0.6) is 5.75 Å². The number of rotatable bonds is 5. The van der Waals surface area contributed by atoms with Crippen LogP contribution in [-0.2, 0) is 22.9 Å². The molecule has 186 valence electrons. The number of halogens is 5. The van der Waals surface area contributed by atoms with E-state index in [4.69, 9.17) is 4.74 Å². The molecule has 0 aliphatic carbocycles. The van der Waals surface area contributed by atoms with E-state index in [1.165, 1.54) is 11.1 Å². The van der Waals surface area contributed by atoms with Gasteiger partial charge in [-0.1, -0.05) is 0 Å². The maximum atomic E-state index is 14.1. The van der Waals surface area contributed by atoms with Gasteiger partial charge in [-0.25, -0.2) is 21.9 Å². The van der Waals surface area contributed by atoms with Crippen LogP contribution in [-0.4, -0.2) is 47.5 Å². The Labute approximate surface area is 196 Å². The lowest BCUT2D eigenvalue weighted by atomic mass is 10.1. The molecule has 3 aromatic rings. The molecule has 4 rings (SSSR count). The second kappa shape index (κ2) is 8.63. The molecule has 7 nitrogen and oxygen atoms in total. The van der Waals surface area contributed by atoms with Gasteiger partial charge < -0.3 is 9.64 Å². The van der Waals surface area contributed by atoms with Crippen molar-refractivity contribution in [1.29, 1.82) is 0 Å². The van der Waals surface area contributed by atoms with Gasteiger partial charge in [0.1, 0.15) is 23.1 Å². The van der Waals surface area contributed by atoms with Crippen LogP contribution < -0.4 is 4.74 Å². The Bertz CT molecular complexity index is 1400. The molecular weight excluding hydrogens is 497 g/mol. The molecule has 13 heteroatoms. The van der Waals surface area contributed by atoms with Crippen LogP contribution in [0, 0.1) is 11.6 Å². The first kappa shape index (κ1) is 24.6. The lowest BCUT2D eigenvalue weighted by molar-refractivity contribution is -0.189. The first-order valence-corrected chi connectivity index (χ1v) is 12.0. The van der Waals surface area contributed by atoms with Gasteiger partial charge in [0, 0.05) is 30.6 Å². The molecule has 1 aliphatic heterocycles. The molecule has 1 aromatic heterocycles. The molecule has 0 bridgehead atoms. The van der Waals surface area contributed by atoms with Gasteiger partial charge in [0.15, 0.2) is 15.9 Å². The summed E-state index contributed by atoms with van der Waals surface area (Å²) < 4.78 is 96.7. The minimum absolute atomic E-state index is 0.0392. The van der Waals surface area contributed by atoms with E-state index in [-0.39, 0.29) is 29.2 Å². The highest BCUT2D eigenvalue weighted by Crippen LogP contribution is 2.32. The fraction of sp³-hybridized carbons (Fsp3) is 0.273. The summed E-state index contributed by atoms with van der Waals surface area (Å²) in [5.74, 6) is -2.58. The van der Waals surface area contributed by atoms with E-state index in [0.717, 1.165) is 54.3 Å². The number of fused-ring (bicyclic) bond motifs is 1. The number of sulfone groups is 1. The van der Waals surface area contributed by atoms with E-state index in [0.29, 0.717) is 11.3 Å². The van der Waals surface area contributed by atoms with Crippen molar-refractivity contribution < 1.29 is 39.9 Å². The number of benzene rings is 2. The molecule has 1 amide bonds. The molecule has 0 spiro atoms. The number of nitrogens with zero attached hydrogens (tertiary/aromatic N) is 3. The van der Waals surface area contributed by atoms with Crippen LogP contribution in [0.2, 0.25) is 0 Å². The second-order valence-corrected chi connectivity index (χ2v) is 10.1. The third-order valence-electron chi connectivity index (χ3n) is 5.40. The maximum absolute atomic E-state index is 14.1. The van der Waals surface area contributed by atoms with Crippen molar-refractivity contribution in [3.63, 3.8) is 0 Å². The van der Waals surface area contributed by atoms with Crippen LogP contribution in [0.25, 0.3) is 5.69 Å². The van der Waals surface area contributed by atoms with E-state index in [1.54, 1.807) is 0 Å². The molecule has 0 saturated heterocycles. The molecule has 1 atom stereocenters. The first-order valence-electron chi connectivity index (χ1n) is 10.1. The fourth-order valence-electron chi connectivity index (χ4n) is 3.52. The summed E-state index contributed by atoms with van der Waals surface area (Å²) in [5, 5.41) is 4.19. The Morgan fingerprint density at radius 3 is 2.46 bits per heavy atom. The zero-order valence-corrected chi connectivity index (χ0v) is 19.1. The molecule has 0 saturated carbocycles. The first-order chi connectivity index (χ1) is 16.2. The van der Waals surface area contributed by atoms with Crippen molar-refractivity contribution in [2.75, 3.05) is 6.26 Å². The summed E-state index contributed by atoms with van der Waals surface area (Å²) in [6.07, 6.45) is -4.65. The normalized spacial score (nSPS) is 14.7. The minimum atomic E-state index is -4.71. The highest BCUT2D eigenvalue weighted by molar-refractivity contribution is 7.90. The average molecular weight is 515 g/mol. The van der Waals surface area contributed by atoms with E-state index in [9.17, 15) is 35.2 Å². The number of amides is 1. The largest absolute Gasteiger partial charge is 0.480 e. The minimum Gasteiger partial charge on any atom is -0.480 e. The number of alkyl halides is 3. The SMILES string of the molecule is C[C@H](Oc1ccc(S(C)(=O)=O)cc1C(=O)N1Cc2cn(-c3cc(F)ccc3F)nc2C1)C(F)(F)F. The van der Waals surface area contributed by atoms with Gasteiger partial charge in [0.25, 0.3) is 5.91 Å². The lowest BCUT2D eigenvalue weighted by Gasteiger charge is -2.22. The van der Waals surface area contributed by atoms with Crippen LogP contribution in [0.4, 0.5) is 22.0 Å². The topological polar surface area (TPSA) is 81.5 Å². The summed E-state index contributed by atoms with van der Waals surface area (Å²) in [4.78, 5) is 14.2. The summed E-state index contributed by atoms with van der Waals surface area (Å²) in [7, 11) is -3.77. The number of hydrogen-bond acceptors (Lipinski definition) is 5. The van der Waals surface area contributed by atoms with E-state index < -0.39 is 45.4 Å². The Hall–Kier alpha value is -3.48. The van der Waals surface area contributed by atoms with Crippen LogP contribution in [0.15, 0.2) is 47.5 Å². The van der Waals surface area contributed by atoms with Gasteiger partial charge >= 0.3 is 6.18 Å². The maximum Gasteiger partial charge on any atom is 0.425 e. The monoisotopic (exact) mass is 515 g/mol. The Morgan fingerprint density at radius 1 is 1.11 bits per heavy atom. The zero-order valence-electron chi connectivity index (χ0n) is 18.3. The third kappa shape index (κ3) is 4.99. The summed E-state index contributed by atoms with van der Waals surface area (Å²) >= 11 is 0. The number of carbonyl (C=O) groups excluding carboxylic acids is 1. The van der Waals surface area contributed by atoms with Crippen molar-refractivity contribution >= 4 is 15.7 Å².